The molecule has 0 saturated heterocycles. The van der Waals surface area contributed by atoms with E-state index in [2.05, 4.69) is 29.0 Å². The number of primary amides is 1. The third-order valence-corrected chi connectivity index (χ3v) is 5.67. The fraction of sp³-hybridized carbons (Fsp3) is 0.0476. The number of nitrogens with two attached hydrogens (primary N) is 1. The van der Waals surface area contributed by atoms with Gasteiger partial charge in [-0.2, -0.15) is 0 Å². The summed E-state index contributed by atoms with van der Waals surface area (Å²) in [5, 5.41) is 17.5. The normalized spacial score (nSPS) is 10.4. The fourth-order valence-corrected chi connectivity index (χ4v) is 3.98. The lowest BCUT2D eigenvalue weighted by molar-refractivity contribution is 0.100. The average Bonchev–Trinajstić information content (AvgIpc) is 3.30. The van der Waals surface area contributed by atoms with Crippen LogP contribution in [0.1, 0.15) is 20.8 Å². The SMILES string of the molecule is N=Cc1ccc2c(ccn2Cc2ccc(Cl)s2)c1.NC(=O)c1ccc(O)c(Cl)c1. The highest BCUT2D eigenvalue weighted by molar-refractivity contribution is 7.16. The predicted molar refractivity (Wildman–Crippen MR) is 120 cm³/mol. The van der Waals surface area contributed by atoms with Crippen LogP contribution in [0.3, 0.4) is 0 Å². The van der Waals surface area contributed by atoms with Crippen LogP contribution in [0.2, 0.25) is 9.36 Å². The van der Waals surface area contributed by atoms with Gasteiger partial charge in [-0.3, -0.25) is 4.79 Å². The summed E-state index contributed by atoms with van der Waals surface area (Å²) in [6, 6.07) is 16.2. The second kappa shape index (κ2) is 9.13. The highest BCUT2D eigenvalue weighted by Crippen LogP contribution is 2.25. The van der Waals surface area contributed by atoms with Crippen molar-refractivity contribution in [1.82, 2.24) is 4.57 Å². The number of halogens is 2. The molecule has 0 spiro atoms. The Balaban J connectivity index is 0.000000188. The molecule has 2 aromatic heterocycles. The number of phenolic OH excluding ortho intramolecular Hbond substituents is 1. The molecule has 0 fully saturated rings. The van der Waals surface area contributed by atoms with Gasteiger partial charge in [0.15, 0.2) is 0 Å². The Morgan fingerprint density at radius 1 is 1.14 bits per heavy atom. The molecule has 29 heavy (non-hydrogen) atoms. The summed E-state index contributed by atoms with van der Waals surface area (Å²) < 4.78 is 3.03. The lowest BCUT2D eigenvalue weighted by Crippen LogP contribution is -2.10. The van der Waals surface area contributed by atoms with Gasteiger partial charge in [-0.05, 0) is 54.1 Å². The van der Waals surface area contributed by atoms with Gasteiger partial charge in [0.25, 0.3) is 0 Å². The maximum Gasteiger partial charge on any atom is 0.248 e. The summed E-state index contributed by atoms with van der Waals surface area (Å²) in [6.45, 7) is 0.838. The van der Waals surface area contributed by atoms with Crippen molar-refractivity contribution in [2.24, 2.45) is 5.73 Å². The standard InChI is InChI=1S/C14H11ClN2S.C7H6ClNO2/c15-14-4-2-12(18-14)9-17-6-5-11-7-10(8-16)1-3-13(11)17;8-5-3-4(7(9)11)1-2-6(5)10/h1-8,16H,9H2;1-3,10H,(H2,9,11). The van der Waals surface area contributed by atoms with E-state index < -0.39 is 5.91 Å². The number of amides is 1. The summed E-state index contributed by atoms with van der Waals surface area (Å²) in [5.41, 5.74) is 7.35. The Hall–Kier alpha value is -2.80. The van der Waals surface area contributed by atoms with Crippen molar-refractivity contribution < 1.29 is 9.90 Å². The lowest BCUT2D eigenvalue weighted by Gasteiger charge is -2.03. The van der Waals surface area contributed by atoms with E-state index in [9.17, 15) is 4.79 Å². The first-order valence-corrected chi connectivity index (χ1v) is 10.1. The molecule has 2 aromatic carbocycles. The smallest absolute Gasteiger partial charge is 0.248 e. The number of carbonyl (C=O) groups is 1. The molecule has 0 radical (unpaired) electrons. The zero-order chi connectivity index (χ0) is 21.0. The van der Waals surface area contributed by atoms with Gasteiger partial charge in [-0.15, -0.1) is 11.3 Å². The van der Waals surface area contributed by atoms with Crippen LogP contribution in [-0.2, 0) is 6.54 Å². The minimum Gasteiger partial charge on any atom is -0.506 e. The van der Waals surface area contributed by atoms with E-state index in [1.807, 2.05) is 18.2 Å². The highest BCUT2D eigenvalue weighted by atomic mass is 35.5. The van der Waals surface area contributed by atoms with Gasteiger partial charge >= 0.3 is 0 Å². The second-order valence-electron chi connectivity index (χ2n) is 6.14. The molecule has 1 amide bonds. The Kier molecular flexibility index (Phi) is 6.59. The number of rotatable bonds is 4. The Bertz CT molecular complexity index is 1180. The molecule has 0 aliphatic rings. The minimum absolute atomic E-state index is 0.0586. The monoisotopic (exact) mass is 445 g/mol. The zero-order valence-electron chi connectivity index (χ0n) is 15.1. The molecule has 148 valence electrons. The summed E-state index contributed by atoms with van der Waals surface area (Å²) in [5.74, 6) is -0.622. The first-order valence-electron chi connectivity index (χ1n) is 8.49. The van der Waals surface area contributed by atoms with E-state index in [0.29, 0.717) is 0 Å². The molecule has 4 N–H and O–H groups in total. The predicted octanol–water partition coefficient (Wildman–Crippen LogP) is 5.55. The first-order chi connectivity index (χ1) is 13.9. The number of benzene rings is 2. The van der Waals surface area contributed by atoms with Gasteiger partial charge in [-0.1, -0.05) is 29.3 Å². The quantitative estimate of drug-likeness (QED) is 0.359. The summed E-state index contributed by atoms with van der Waals surface area (Å²) >= 11 is 13.1. The average molecular weight is 446 g/mol. The maximum atomic E-state index is 10.5. The van der Waals surface area contributed by atoms with Crippen molar-refractivity contribution in [3.05, 3.63) is 86.2 Å². The molecule has 0 atom stereocenters. The van der Waals surface area contributed by atoms with Gasteiger partial charge in [-0.25, -0.2) is 0 Å². The maximum absolute atomic E-state index is 10.5. The van der Waals surface area contributed by atoms with E-state index in [1.54, 1.807) is 11.3 Å². The van der Waals surface area contributed by atoms with Gasteiger partial charge in [0.05, 0.1) is 15.9 Å². The Labute approximate surface area is 181 Å². The van der Waals surface area contributed by atoms with Crippen molar-refractivity contribution in [2.45, 2.75) is 6.54 Å². The van der Waals surface area contributed by atoms with Crippen LogP contribution < -0.4 is 5.73 Å². The largest absolute Gasteiger partial charge is 0.506 e. The van der Waals surface area contributed by atoms with Crippen molar-refractivity contribution >= 4 is 57.6 Å². The number of nitrogens with zero attached hydrogens (tertiary/aromatic N) is 1. The number of hydrogen-bond donors (Lipinski definition) is 3. The van der Waals surface area contributed by atoms with E-state index in [0.717, 1.165) is 16.4 Å². The number of nitrogens with one attached hydrogen (secondary N) is 1. The van der Waals surface area contributed by atoms with E-state index in [1.165, 1.54) is 40.2 Å². The second-order valence-corrected chi connectivity index (χ2v) is 8.35. The molecular weight excluding hydrogens is 429 g/mol. The molecule has 4 rings (SSSR count). The molecule has 4 aromatic rings. The van der Waals surface area contributed by atoms with Crippen molar-refractivity contribution in [3.8, 4) is 5.75 Å². The molecule has 8 heteroatoms. The fourth-order valence-electron chi connectivity index (χ4n) is 2.71. The first kappa shape index (κ1) is 20.9. The van der Waals surface area contributed by atoms with Crippen molar-refractivity contribution in [3.63, 3.8) is 0 Å². The molecular formula is C21H17Cl2N3O2S. The van der Waals surface area contributed by atoms with E-state index in [4.69, 9.17) is 39.5 Å². The molecule has 0 saturated carbocycles. The Morgan fingerprint density at radius 2 is 1.93 bits per heavy atom. The molecule has 2 heterocycles. The van der Waals surface area contributed by atoms with Crippen LogP contribution >= 0.6 is 34.5 Å². The molecule has 0 aliphatic heterocycles. The van der Waals surface area contributed by atoms with Crippen LogP contribution in [0.25, 0.3) is 10.9 Å². The van der Waals surface area contributed by atoms with Gasteiger partial charge in [0.2, 0.25) is 5.91 Å². The minimum atomic E-state index is -0.563. The number of aromatic hydroxyl groups is 1. The van der Waals surface area contributed by atoms with Gasteiger partial charge in [0, 0.05) is 33.8 Å². The molecule has 0 aliphatic carbocycles. The van der Waals surface area contributed by atoms with Crippen molar-refractivity contribution in [1.29, 1.82) is 5.41 Å². The van der Waals surface area contributed by atoms with Crippen LogP contribution in [0, 0.1) is 5.41 Å². The number of aromatic nitrogens is 1. The van der Waals surface area contributed by atoms with Crippen LogP contribution in [0.15, 0.2) is 60.8 Å². The number of fused-ring (bicyclic) bond motifs is 1. The number of phenols is 1. The zero-order valence-corrected chi connectivity index (χ0v) is 17.4. The van der Waals surface area contributed by atoms with E-state index in [-0.39, 0.29) is 16.3 Å². The van der Waals surface area contributed by atoms with Crippen LogP contribution in [-0.4, -0.2) is 21.8 Å². The molecule has 0 bridgehead atoms. The topological polar surface area (TPSA) is 92.1 Å². The number of carbonyl (C=O) groups excluding carboxylic acids is 1. The Morgan fingerprint density at radius 3 is 2.55 bits per heavy atom. The lowest BCUT2D eigenvalue weighted by atomic mass is 10.2. The van der Waals surface area contributed by atoms with Crippen molar-refractivity contribution in [2.75, 3.05) is 0 Å². The van der Waals surface area contributed by atoms with Crippen LogP contribution in [0.4, 0.5) is 0 Å². The summed E-state index contributed by atoms with van der Waals surface area (Å²) in [6.07, 6.45) is 3.45. The molecule has 0 unspecified atom stereocenters. The van der Waals surface area contributed by atoms with Crippen LogP contribution in [0.5, 0.6) is 5.75 Å². The van der Waals surface area contributed by atoms with Gasteiger partial charge in [0.1, 0.15) is 5.75 Å². The third-order valence-electron chi connectivity index (χ3n) is 4.15. The summed E-state index contributed by atoms with van der Waals surface area (Å²) in [7, 11) is 0. The summed E-state index contributed by atoms with van der Waals surface area (Å²) in [4.78, 5) is 11.8. The van der Waals surface area contributed by atoms with E-state index >= 15 is 0 Å². The number of thiophene rings is 1. The highest BCUT2D eigenvalue weighted by Gasteiger charge is 2.05. The number of hydrogen-bond acceptors (Lipinski definition) is 4. The molecule has 5 nitrogen and oxygen atoms in total. The third kappa shape index (κ3) is 5.17. The van der Waals surface area contributed by atoms with Gasteiger partial charge < -0.3 is 20.8 Å².